The van der Waals surface area contributed by atoms with Gasteiger partial charge in [0.2, 0.25) is 0 Å². The first-order valence-corrected chi connectivity index (χ1v) is 7.64. The molecule has 2 heterocycles. The lowest BCUT2D eigenvalue weighted by atomic mass is 9.96. The van der Waals surface area contributed by atoms with E-state index in [1.165, 1.54) is 12.8 Å². The summed E-state index contributed by atoms with van der Waals surface area (Å²) in [5.74, 6) is -2.42. The molecule has 0 aromatic heterocycles. The van der Waals surface area contributed by atoms with Gasteiger partial charge in [0.15, 0.2) is 0 Å². The third-order valence-corrected chi connectivity index (χ3v) is 5.04. The van der Waals surface area contributed by atoms with Gasteiger partial charge in [0.05, 0.1) is 12.7 Å². The minimum absolute atomic E-state index is 0.0740. The minimum Gasteiger partial charge on any atom is -0.378 e. The standard InChI is InChI=1S/C15H25F2NO/c1-11(2)19-10-14(5-6-14)9-18-12-3-4-13(18)8-15(16,17)7-12/h11-13H,3-10H2,1-2H3. The van der Waals surface area contributed by atoms with E-state index < -0.39 is 5.92 Å². The molecule has 2 aliphatic heterocycles. The highest BCUT2D eigenvalue weighted by Gasteiger charge is 2.53. The van der Waals surface area contributed by atoms with E-state index in [-0.39, 0.29) is 36.4 Å². The summed E-state index contributed by atoms with van der Waals surface area (Å²) in [5.41, 5.74) is 0.276. The second-order valence-electron chi connectivity index (χ2n) is 7.18. The largest absolute Gasteiger partial charge is 0.378 e. The van der Waals surface area contributed by atoms with Gasteiger partial charge in [-0.1, -0.05) is 0 Å². The molecule has 1 saturated carbocycles. The molecule has 2 unspecified atom stereocenters. The van der Waals surface area contributed by atoms with Crippen LogP contribution in [0.2, 0.25) is 0 Å². The summed E-state index contributed by atoms with van der Waals surface area (Å²) in [6, 6.07) is 0.232. The quantitative estimate of drug-likeness (QED) is 0.760. The number of halogens is 2. The van der Waals surface area contributed by atoms with Crippen LogP contribution in [0.15, 0.2) is 0 Å². The predicted molar refractivity (Wildman–Crippen MR) is 70.5 cm³/mol. The van der Waals surface area contributed by atoms with E-state index in [9.17, 15) is 8.78 Å². The molecule has 2 bridgehead atoms. The summed E-state index contributed by atoms with van der Waals surface area (Å²) in [4.78, 5) is 2.38. The van der Waals surface area contributed by atoms with Gasteiger partial charge in [0.1, 0.15) is 0 Å². The number of rotatable bonds is 5. The van der Waals surface area contributed by atoms with Gasteiger partial charge >= 0.3 is 0 Å². The molecule has 0 amide bonds. The summed E-state index contributed by atoms with van der Waals surface area (Å²) in [7, 11) is 0. The van der Waals surface area contributed by atoms with Crippen molar-refractivity contribution >= 4 is 0 Å². The maximum atomic E-state index is 13.6. The van der Waals surface area contributed by atoms with E-state index in [1.54, 1.807) is 0 Å². The fourth-order valence-electron chi connectivity index (χ4n) is 3.74. The second kappa shape index (κ2) is 4.66. The van der Waals surface area contributed by atoms with Crippen molar-refractivity contribution in [1.82, 2.24) is 4.90 Å². The van der Waals surface area contributed by atoms with E-state index in [4.69, 9.17) is 4.74 Å². The number of alkyl halides is 2. The Morgan fingerprint density at radius 3 is 2.21 bits per heavy atom. The molecule has 4 heteroatoms. The van der Waals surface area contributed by atoms with Gasteiger partial charge < -0.3 is 4.74 Å². The number of fused-ring (bicyclic) bond motifs is 2. The van der Waals surface area contributed by atoms with Crippen LogP contribution in [-0.2, 0) is 4.74 Å². The molecule has 19 heavy (non-hydrogen) atoms. The Kier molecular flexibility index (Phi) is 3.37. The Hall–Kier alpha value is -0.220. The number of nitrogens with zero attached hydrogens (tertiary/aromatic N) is 1. The first-order valence-electron chi connectivity index (χ1n) is 7.64. The number of piperidine rings is 1. The monoisotopic (exact) mass is 273 g/mol. The molecule has 0 aromatic carbocycles. The molecule has 0 radical (unpaired) electrons. The summed E-state index contributed by atoms with van der Waals surface area (Å²) >= 11 is 0. The number of hydrogen-bond acceptors (Lipinski definition) is 2. The predicted octanol–water partition coefficient (Wildman–Crippen LogP) is 3.45. The van der Waals surface area contributed by atoms with Crippen molar-refractivity contribution in [3.8, 4) is 0 Å². The van der Waals surface area contributed by atoms with Crippen LogP contribution in [0.5, 0.6) is 0 Å². The number of hydrogen-bond donors (Lipinski definition) is 0. The van der Waals surface area contributed by atoms with E-state index >= 15 is 0 Å². The topological polar surface area (TPSA) is 12.5 Å². The zero-order valence-corrected chi connectivity index (χ0v) is 12.0. The van der Waals surface area contributed by atoms with Crippen LogP contribution < -0.4 is 0 Å². The summed E-state index contributed by atoms with van der Waals surface area (Å²) in [6.45, 7) is 5.89. The van der Waals surface area contributed by atoms with Crippen molar-refractivity contribution in [1.29, 1.82) is 0 Å². The average Bonchev–Trinajstić information content (AvgIpc) is 3.01. The van der Waals surface area contributed by atoms with Crippen molar-refractivity contribution in [2.75, 3.05) is 13.2 Å². The highest BCUT2D eigenvalue weighted by atomic mass is 19.3. The SMILES string of the molecule is CC(C)OCC1(CN2C3CCC2CC(F)(F)C3)CC1. The van der Waals surface area contributed by atoms with Crippen LogP contribution in [0, 0.1) is 5.41 Å². The first kappa shape index (κ1) is 13.7. The maximum Gasteiger partial charge on any atom is 0.251 e. The van der Waals surface area contributed by atoms with Crippen molar-refractivity contribution in [3.05, 3.63) is 0 Å². The van der Waals surface area contributed by atoms with Gasteiger partial charge in [-0.25, -0.2) is 8.78 Å². The number of ether oxygens (including phenoxy) is 1. The molecule has 110 valence electrons. The molecule has 3 aliphatic rings. The normalized spacial score (nSPS) is 35.8. The van der Waals surface area contributed by atoms with Gasteiger partial charge in [0.25, 0.3) is 5.92 Å². The van der Waals surface area contributed by atoms with E-state index in [1.807, 2.05) is 0 Å². The molecule has 3 fully saturated rings. The van der Waals surface area contributed by atoms with Crippen molar-refractivity contribution in [2.24, 2.45) is 5.41 Å². The molecule has 2 nitrogen and oxygen atoms in total. The zero-order valence-electron chi connectivity index (χ0n) is 12.0. The third kappa shape index (κ3) is 2.94. The van der Waals surface area contributed by atoms with Crippen molar-refractivity contribution < 1.29 is 13.5 Å². The second-order valence-corrected chi connectivity index (χ2v) is 7.18. The van der Waals surface area contributed by atoms with Crippen LogP contribution in [0.3, 0.4) is 0 Å². The zero-order chi connectivity index (χ0) is 13.7. The van der Waals surface area contributed by atoms with Crippen LogP contribution in [-0.4, -0.2) is 42.2 Å². The molecular formula is C15H25F2NO. The van der Waals surface area contributed by atoms with E-state index in [0.717, 1.165) is 26.0 Å². The summed E-state index contributed by atoms with van der Waals surface area (Å²) < 4.78 is 32.9. The Bertz CT molecular complexity index is 325. The van der Waals surface area contributed by atoms with Crippen molar-refractivity contribution in [3.63, 3.8) is 0 Å². The lowest BCUT2D eigenvalue weighted by Crippen LogP contribution is -2.50. The van der Waals surface area contributed by atoms with Crippen molar-refractivity contribution in [2.45, 2.75) is 76.5 Å². The molecule has 2 atom stereocenters. The molecule has 2 saturated heterocycles. The lowest BCUT2D eigenvalue weighted by Gasteiger charge is -2.40. The third-order valence-electron chi connectivity index (χ3n) is 5.04. The summed E-state index contributed by atoms with van der Waals surface area (Å²) in [5, 5.41) is 0. The van der Waals surface area contributed by atoms with Crippen LogP contribution >= 0.6 is 0 Å². The highest BCUT2D eigenvalue weighted by Crippen LogP contribution is 2.51. The van der Waals surface area contributed by atoms with E-state index in [0.29, 0.717) is 0 Å². The fourth-order valence-corrected chi connectivity index (χ4v) is 3.74. The van der Waals surface area contributed by atoms with Crippen LogP contribution in [0.1, 0.15) is 52.4 Å². The Labute approximate surface area is 114 Å². The highest BCUT2D eigenvalue weighted by molar-refractivity contribution is 5.04. The fraction of sp³-hybridized carbons (Fsp3) is 1.00. The lowest BCUT2D eigenvalue weighted by molar-refractivity contribution is -0.0900. The molecule has 3 rings (SSSR count). The molecule has 0 aromatic rings. The minimum atomic E-state index is -2.42. The Balaban J connectivity index is 1.59. The molecule has 0 spiro atoms. The average molecular weight is 273 g/mol. The van der Waals surface area contributed by atoms with Gasteiger partial charge in [-0.05, 0) is 39.5 Å². The molecule has 0 N–H and O–H groups in total. The van der Waals surface area contributed by atoms with E-state index in [2.05, 4.69) is 18.7 Å². The smallest absolute Gasteiger partial charge is 0.251 e. The Morgan fingerprint density at radius 1 is 1.16 bits per heavy atom. The van der Waals surface area contributed by atoms with Gasteiger partial charge in [0, 0.05) is 36.9 Å². The van der Waals surface area contributed by atoms with Crippen LogP contribution in [0.25, 0.3) is 0 Å². The Morgan fingerprint density at radius 2 is 1.74 bits per heavy atom. The first-order chi connectivity index (χ1) is 8.89. The molecular weight excluding hydrogens is 248 g/mol. The summed E-state index contributed by atoms with van der Waals surface area (Å²) in [6.07, 6.45) is 4.73. The van der Waals surface area contributed by atoms with Gasteiger partial charge in [-0.3, -0.25) is 4.90 Å². The van der Waals surface area contributed by atoms with Gasteiger partial charge in [-0.15, -0.1) is 0 Å². The molecule has 1 aliphatic carbocycles. The van der Waals surface area contributed by atoms with Crippen LogP contribution in [0.4, 0.5) is 8.78 Å². The maximum absolute atomic E-state index is 13.6. The van der Waals surface area contributed by atoms with Gasteiger partial charge in [-0.2, -0.15) is 0 Å².